The summed E-state index contributed by atoms with van der Waals surface area (Å²) in [5, 5.41) is 16.7. The van der Waals surface area contributed by atoms with E-state index in [-0.39, 0.29) is 27.7 Å². The van der Waals surface area contributed by atoms with Crippen LogP contribution in [0.3, 0.4) is 0 Å². The van der Waals surface area contributed by atoms with Crippen molar-refractivity contribution in [2.24, 2.45) is 5.10 Å². The number of anilines is 1. The molecule has 3 heterocycles. The molecule has 12 heteroatoms. The van der Waals surface area contributed by atoms with Crippen LogP contribution in [0.15, 0.2) is 72.7 Å². The van der Waals surface area contributed by atoms with Crippen LogP contribution in [-0.4, -0.2) is 27.7 Å². The summed E-state index contributed by atoms with van der Waals surface area (Å²) in [6.45, 7) is 0. The average molecular weight is 554 g/mol. The molecule has 0 aliphatic carbocycles. The largest absolute Gasteiger partial charge is 0.438 e. The smallest absolute Gasteiger partial charge is 0.422 e. The topological polar surface area (TPSA) is 78.9 Å². The minimum absolute atomic E-state index is 0.0468. The molecule has 174 valence electrons. The Bertz CT molecular complexity index is 1500. The summed E-state index contributed by atoms with van der Waals surface area (Å²) < 4.78 is 61.1. The number of aliphatic hydroxyl groups is 1. The third kappa shape index (κ3) is 3.81. The summed E-state index contributed by atoms with van der Waals surface area (Å²) in [7, 11) is 0. The maximum atomic E-state index is 13.9. The minimum Gasteiger partial charge on any atom is -0.422 e. The molecule has 2 aromatic heterocycles. The molecule has 34 heavy (non-hydrogen) atoms. The molecule has 0 saturated heterocycles. The molecule has 5 rings (SSSR count). The Kier molecular flexibility index (Phi) is 5.34. The molecule has 1 aliphatic heterocycles. The SMILES string of the molecule is O=c1oc2ccc(Br)cc2cc1-c1csc(N2N=C(c3ccc(F)cc3)C[C@@]2(O)C(F)(F)F)n1. The third-order valence-electron chi connectivity index (χ3n) is 5.26. The lowest BCUT2D eigenvalue weighted by Crippen LogP contribution is -2.55. The first-order chi connectivity index (χ1) is 16.0. The number of thiazole rings is 1. The average Bonchev–Trinajstić information content (AvgIpc) is 3.39. The van der Waals surface area contributed by atoms with Crippen molar-refractivity contribution in [3.05, 3.63) is 80.2 Å². The summed E-state index contributed by atoms with van der Waals surface area (Å²) in [5.41, 5.74) is -3.49. The molecule has 0 bridgehead atoms. The van der Waals surface area contributed by atoms with Crippen LogP contribution in [0.25, 0.3) is 22.2 Å². The normalized spacial score (nSPS) is 18.5. The van der Waals surface area contributed by atoms with Gasteiger partial charge in [-0.3, -0.25) is 0 Å². The lowest BCUT2D eigenvalue weighted by molar-refractivity contribution is -0.254. The van der Waals surface area contributed by atoms with E-state index in [4.69, 9.17) is 4.42 Å². The van der Waals surface area contributed by atoms with Crippen LogP contribution in [0.2, 0.25) is 0 Å². The van der Waals surface area contributed by atoms with Crippen LogP contribution in [-0.2, 0) is 0 Å². The summed E-state index contributed by atoms with van der Waals surface area (Å²) in [6, 6.07) is 11.3. The quantitative estimate of drug-likeness (QED) is 0.261. The van der Waals surface area contributed by atoms with Crippen LogP contribution < -0.4 is 10.6 Å². The molecule has 0 spiro atoms. The van der Waals surface area contributed by atoms with E-state index in [1.54, 1.807) is 18.2 Å². The van der Waals surface area contributed by atoms with Crippen molar-refractivity contribution in [3.63, 3.8) is 0 Å². The van der Waals surface area contributed by atoms with Crippen LogP contribution in [0.5, 0.6) is 0 Å². The second-order valence-electron chi connectivity index (χ2n) is 7.50. The monoisotopic (exact) mass is 553 g/mol. The van der Waals surface area contributed by atoms with Crippen molar-refractivity contribution >= 4 is 49.1 Å². The zero-order valence-corrected chi connectivity index (χ0v) is 19.2. The van der Waals surface area contributed by atoms with Crippen molar-refractivity contribution in [3.8, 4) is 11.3 Å². The standard InChI is InChI=1S/C22H12BrF4N3O3S/c23-13-3-6-18-12(7-13)8-15(19(31)33-18)17-10-34-20(28-17)30-21(32,22(25,26)27)9-16(29-30)11-1-4-14(24)5-2-11/h1-8,10,32H,9H2/t21-/m1/s1. The maximum absolute atomic E-state index is 13.9. The van der Waals surface area contributed by atoms with Gasteiger partial charge in [-0.25, -0.2) is 14.2 Å². The van der Waals surface area contributed by atoms with E-state index in [1.807, 2.05) is 0 Å². The second kappa shape index (κ2) is 8.00. The van der Waals surface area contributed by atoms with Gasteiger partial charge in [0, 0.05) is 15.2 Å². The van der Waals surface area contributed by atoms with Gasteiger partial charge in [0.15, 0.2) is 0 Å². The fraction of sp³-hybridized carbons (Fsp3) is 0.136. The molecular formula is C22H12BrF4N3O3S. The molecule has 4 aromatic rings. The lowest BCUT2D eigenvalue weighted by atomic mass is 10.0. The molecule has 0 radical (unpaired) electrons. The Morgan fingerprint density at radius 3 is 2.59 bits per heavy atom. The number of rotatable bonds is 3. The van der Waals surface area contributed by atoms with Crippen LogP contribution in [0.4, 0.5) is 22.7 Å². The molecule has 1 N–H and O–H groups in total. The Hall–Kier alpha value is -3.09. The van der Waals surface area contributed by atoms with Crippen molar-refractivity contribution in [1.82, 2.24) is 4.98 Å². The zero-order chi connectivity index (χ0) is 24.3. The van der Waals surface area contributed by atoms with E-state index in [2.05, 4.69) is 26.0 Å². The molecule has 0 saturated carbocycles. The Labute approximate surface area is 200 Å². The highest BCUT2D eigenvalue weighted by Gasteiger charge is 2.62. The van der Waals surface area contributed by atoms with Gasteiger partial charge in [-0.05, 0) is 42.0 Å². The fourth-order valence-electron chi connectivity index (χ4n) is 3.53. The van der Waals surface area contributed by atoms with Crippen LogP contribution in [0.1, 0.15) is 12.0 Å². The van der Waals surface area contributed by atoms with Crippen molar-refractivity contribution < 1.29 is 27.1 Å². The predicted molar refractivity (Wildman–Crippen MR) is 122 cm³/mol. The number of hydrazone groups is 1. The molecule has 0 fully saturated rings. The summed E-state index contributed by atoms with van der Waals surface area (Å²) in [6.07, 6.45) is -5.97. The van der Waals surface area contributed by atoms with Crippen molar-refractivity contribution in [2.45, 2.75) is 18.3 Å². The van der Waals surface area contributed by atoms with Crippen molar-refractivity contribution in [2.75, 3.05) is 5.01 Å². The Balaban J connectivity index is 1.58. The van der Waals surface area contributed by atoms with Gasteiger partial charge in [0.2, 0.25) is 5.13 Å². The van der Waals surface area contributed by atoms with Gasteiger partial charge >= 0.3 is 11.8 Å². The highest BCUT2D eigenvalue weighted by molar-refractivity contribution is 9.10. The highest BCUT2D eigenvalue weighted by Crippen LogP contribution is 2.45. The molecule has 0 amide bonds. The summed E-state index contributed by atoms with van der Waals surface area (Å²) in [5.74, 6) is -0.559. The predicted octanol–water partition coefficient (Wildman–Crippen LogP) is 5.68. The van der Waals surface area contributed by atoms with Gasteiger partial charge in [-0.2, -0.15) is 23.3 Å². The highest BCUT2D eigenvalue weighted by atomic mass is 79.9. The summed E-state index contributed by atoms with van der Waals surface area (Å²) in [4.78, 5) is 16.6. The number of benzene rings is 2. The number of aromatic nitrogens is 1. The number of nitrogens with zero attached hydrogens (tertiary/aromatic N) is 3. The van der Waals surface area contributed by atoms with Gasteiger partial charge in [0.25, 0.3) is 5.72 Å². The number of alkyl halides is 3. The van der Waals surface area contributed by atoms with Gasteiger partial charge in [0.05, 0.1) is 23.4 Å². The first kappa shape index (κ1) is 22.7. The van der Waals surface area contributed by atoms with E-state index in [0.29, 0.717) is 16.0 Å². The van der Waals surface area contributed by atoms with Gasteiger partial charge in [-0.1, -0.05) is 28.1 Å². The molecule has 1 atom stereocenters. The van der Waals surface area contributed by atoms with Crippen LogP contribution >= 0.6 is 27.3 Å². The van der Waals surface area contributed by atoms with Gasteiger partial charge in [-0.15, -0.1) is 11.3 Å². The Morgan fingerprint density at radius 1 is 1.15 bits per heavy atom. The van der Waals surface area contributed by atoms with Crippen LogP contribution in [0, 0.1) is 5.82 Å². The molecule has 0 unspecified atom stereocenters. The fourth-order valence-corrected chi connectivity index (χ4v) is 4.75. The number of hydrogen-bond acceptors (Lipinski definition) is 7. The number of fused-ring (bicyclic) bond motifs is 1. The lowest BCUT2D eigenvalue weighted by Gasteiger charge is -2.32. The van der Waals surface area contributed by atoms with Gasteiger partial charge < -0.3 is 9.52 Å². The van der Waals surface area contributed by atoms with E-state index < -0.39 is 29.8 Å². The molecule has 6 nitrogen and oxygen atoms in total. The second-order valence-corrected chi connectivity index (χ2v) is 9.25. The zero-order valence-electron chi connectivity index (χ0n) is 16.8. The maximum Gasteiger partial charge on any atom is 0.438 e. The third-order valence-corrected chi connectivity index (χ3v) is 6.57. The molecular weight excluding hydrogens is 542 g/mol. The number of hydrogen-bond donors (Lipinski definition) is 1. The molecule has 2 aromatic carbocycles. The van der Waals surface area contributed by atoms with E-state index in [1.165, 1.54) is 23.6 Å². The van der Waals surface area contributed by atoms with E-state index in [9.17, 15) is 27.5 Å². The number of halogens is 5. The van der Waals surface area contributed by atoms with Crippen molar-refractivity contribution in [1.29, 1.82) is 0 Å². The first-order valence-electron chi connectivity index (χ1n) is 9.67. The van der Waals surface area contributed by atoms with E-state index >= 15 is 0 Å². The first-order valence-corrected chi connectivity index (χ1v) is 11.3. The summed E-state index contributed by atoms with van der Waals surface area (Å²) >= 11 is 4.11. The van der Waals surface area contributed by atoms with E-state index in [0.717, 1.165) is 27.9 Å². The Morgan fingerprint density at radius 2 is 1.88 bits per heavy atom. The van der Waals surface area contributed by atoms with Gasteiger partial charge in [0.1, 0.15) is 11.4 Å². The molecule has 1 aliphatic rings. The minimum atomic E-state index is -5.08.